The predicted molar refractivity (Wildman–Crippen MR) is 70.0 cm³/mol. The Morgan fingerprint density at radius 3 is 2.61 bits per heavy atom. The lowest BCUT2D eigenvalue weighted by Crippen LogP contribution is -2.58. The highest BCUT2D eigenvalue weighted by molar-refractivity contribution is 5.98. The Morgan fingerprint density at radius 1 is 1.44 bits per heavy atom. The Kier molecular flexibility index (Phi) is 3.19. The Morgan fingerprint density at radius 2 is 2.06 bits per heavy atom. The topological polar surface area (TPSA) is 57.5 Å². The maximum absolute atomic E-state index is 12.2. The maximum Gasteiger partial charge on any atom is 0.161 e. The highest BCUT2D eigenvalue weighted by Crippen LogP contribution is 2.55. The zero-order valence-electron chi connectivity index (χ0n) is 11.7. The molecule has 0 aliphatic heterocycles. The van der Waals surface area contributed by atoms with Crippen LogP contribution in [-0.2, 0) is 4.79 Å². The van der Waals surface area contributed by atoms with Crippen LogP contribution in [0, 0.1) is 17.3 Å². The summed E-state index contributed by atoms with van der Waals surface area (Å²) in [6, 6.07) is 0. The van der Waals surface area contributed by atoms with Crippen molar-refractivity contribution in [2.45, 2.75) is 58.7 Å². The average Bonchev–Trinajstić information content (AvgIpc) is 2.18. The van der Waals surface area contributed by atoms with E-state index < -0.39 is 17.1 Å². The van der Waals surface area contributed by atoms with Crippen molar-refractivity contribution in [2.24, 2.45) is 17.3 Å². The van der Waals surface area contributed by atoms with E-state index in [0.717, 1.165) is 18.4 Å². The summed E-state index contributed by atoms with van der Waals surface area (Å²) >= 11 is 0. The van der Waals surface area contributed by atoms with Crippen LogP contribution in [0.5, 0.6) is 0 Å². The number of hydrogen-bond acceptors (Lipinski definition) is 3. The van der Waals surface area contributed by atoms with Crippen molar-refractivity contribution >= 4 is 5.78 Å². The fraction of sp³-hybridized carbons (Fsp3) is 0.800. The van der Waals surface area contributed by atoms with Gasteiger partial charge in [-0.15, -0.1) is 0 Å². The summed E-state index contributed by atoms with van der Waals surface area (Å²) in [7, 11) is 0. The number of hydrogen-bond donors (Lipinski definition) is 2. The van der Waals surface area contributed by atoms with Gasteiger partial charge in [-0.25, -0.2) is 0 Å². The van der Waals surface area contributed by atoms with Crippen molar-refractivity contribution in [3.63, 3.8) is 0 Å². The van der Waals surface area contributed by atoms with Gasteiger partial charge in [-0.2, -0.15) is 0 Å². The van der Waals surface area contributed by atoms with Gasteiger partial charge in [0, 0.05) is 17.8 Å². The number of aliphatic hydroxyl groups is 2. The first-order chi connectivity index (χ1) is 8.19. The van der Waals surface area contributed by atoms with Crippen LogP contribution < -0.4 is 0 Å². The molecular formula is C15H24O3. The van der Waals surface area contributed by atoms with Gasteiger partial charge in [0.15, 0.2) is 5.78 Å². The average molecular weight is 252 g/mol. The smallest absolute Gasteiger partial charge is 0.161 e. The van der Waals surface area contributed by atoms with Gasteiger partial charge in [0.1, 0.15) is 0 Å². The number of carbonyl (C=O) groups excluding carboxylic acids is 1. The van der Waals surface area contributed by atoms with Crippen LogP contribution in [0.25, 0.3) is 0 Å². The summed E-state index contributed by atoms with van der Waals surface area (Å²) in [5.41, 5.74) is -0.566. The zero-order valence-corrected chi connectivity index (χ0v) is 11.7. The molecule has 0 unspecified atom stereocenters. The lowest BCUT2D eigenvalue weighted by Gasteiger charge is -2.54. The standard InChI is InChI=1S/C15H24O3/c1-9-6-5-7-10-11(16)8-12(17)13(14(2,3)18)15(9,10)4/h7,9,12-13,17-18H,5-6,8H2,1-4H3/t9-,12-,13+,15+/m1/s1. The van der Waals surface area contributed by atoms with Gasteiger partial charge in [-0.1, -0.05) is 19.9 Å². The lowest BCUT2D eigenvalue weighted by molar-refractivity contribution is -0.146. The molecule has 0 radical (unpaired) electrons. The number of allylic oxidation sites excluding steroid dienone is 2. The molecule has 0 bridgehead atoms. The van der Waals surface area contributed by atoms with E-state index in [4.69, 9.17) is 0 Å². The van der Waals surface area contributed by atoms with Crippen molar-refractivity contribution in [1.29, 1.82) is 0 Å². The summed E-state index contributed by atoms with van der Waals surface area (Å²) in [6.07, 6.45) is 3.34. The van der Waals surface area contributed by atoms with Gasteiger partial charge in [0.25, 0.3) is 0 Å². The molecule has 0 heterocycles. The van der Waals surface area contributed by atoms with Gasteiger partial charge in [0.05, 0.1) is 11.7 Å². The Hall–Kier alpha value is -0.670. The van der Waals surface area contributed by atoms with E-state index >= 15 is 0 Å². The molecule has 3 heteroatoms. The molecule has 0 aromatic carbocycles. The second kappa shape index (κ2) is 4.17. The van der Waals surface area contributed by atoms with Crippen LogP contribution in [0.15, 0.2) is 11.6 Å². The van der Waals surface area contributed by atoms with E-state index in [1.165, 1.54) is 0 Å². The molecule has 1 fully saturated rings. The monoisotopic (exact) mass is 252 g/mol. The van der Waals surface area contributed by atoms with Gasteiger partial charge < -0.3 is 10.2 Å². The van der Waals surface area contributed by atoms with Crippen LogP contribution in [0.3, 0.4) is 0 Å². The van der Waals surface area contributed by atoms with Crippen molar-refractivity contribution < 1.29 is 15.0 Å². The SMILES string of the molecule is C[C@@H]1CCC=C2C(=O)C[C@@H](O)[C@@H](C(C)(C)O)[C@]21C. The summed E-state index contributed by atoms with van der Waals surface area (Å²) in [4.78, 5) is 12.2. The molecule has 0 spiro atoms. The predicted octanol–water partition coefficient (Wildman–Crippen LogP) is 2.07. The molecular weight excluding hydrogens is 228 g/mol. The first kappa shape index (κ1) is 13.8. The third-order valence-corrected chi connectivity index (χ3v) is 5.04. The number of carbonyl (C=O) groups is 1. The first-order valence-corrected chi connectivity index (χ1v) is 6.83. The van der Waals surface area contributed by atoms with Gasteiger partial charge in [-0.05, 0) is 38.2 Å². The maximum atomic E-state index is 12.2. The quantitative estimate of drug-likeness (QED) is 0.751. The van der Waals surface area contributed by atoms with Crippen LogP contribution in [0.2, 0.25) is 0 Å². The number of fused-ring (bicyclic) bond motifs is 1. The summed E-state index contributed by atoms with van der Waals surface area (Å²) < 4.78 is 0. The molecule has 2 N–H and O–H groups in total. The lowest BCUT2D eigenvalue weighted by atomic mass is 9.51. The minimum atomic E-state index is -0.987. The molecule has 18 heavy (non-hydrogen) atoms. The second-order valence-electron chi connectivity index (χ2n) is 6.70. The van der Waals surface area contributed by atoms with Gasteiger partial charge >= 0.3 is 0 Å². The molecule has 2 aliphatic rings. The third-order valence-electron chi connectivity index (χ3n) is 5.04. The Balaban J connectivity index is 2.55. The fourth-order valence-electron chi connectivity index (χ4n) is 4.17. The van der Waals surface area contributed by atoms with Crippen LogP contribution in [0.1, 0.15) is 47.0 Å². The number of ketones is 1. The Bertz CT molecular complexity index is 391. The molecule has 2 rings (SSSR count). The highest BCUT2D eigenvalue weighted by Gasteiger charge is 2.56. The first-order valence-electron chi connectivity index (χ1n) is 6.83. The van der Waals surface area contributed by atoms with E-state index in [-0.39, 0.29) is 18.1 Å². The fourth-order valence-corrected chi connectivity index (χ4v) is 4.17. The van der Waals surface area contributed by atoms with E-state index in [2.05, 4.69) is 6.92 Å². The number of rotatable bonds is 1. The normalized spacial score (nSPS) is 41.3. The van der Waals surface area contributed by atoms with Crippen molar-refractivity contribution in [1.82, 2.24) is 0 Å². The number of Topliss-reactive ketones (excluding diaryl/α,β-unsaturated/α-hetero) is 1. The van der Waals surface area contributed by atoms with Crippen molar-refractivity contribution in [3.05, 3.63) is 11.6 Å². The van der Waals surface area contributed by atoms with Crippen molar-refractivity contribution in [3.8, 4) is 0 Å². The molecule has 0 aromatic rings. The van der Waals surface area contributed by atoms with Gasteiger partial charge in [-0.3, -0.25) is 4.79 Å². The van der Waals surface area contributed by atoms with Crippen LogP contribution >= 0.6 is 0 Å². The van der Waals surface area contributed by atoms with Crippen LogP contribution in [0.4, 0.5) is 0 Å². The van der Waals surface area contributed by atoms with Gasteiger partial charge in [0.2, 0.25) is 0 Å². The second-order valence-corrected chi connectivity index (χ2v) is 6.70. The summed E-state index contributed by atoms with van der Waals surface area (Å²) in [5.74, 6) is 0.0640. The molecule has 3 nitrogen and oxygen atoms in total. The summed E-state index contributed by atoms with van der Waals surface area (Å²) in [5, 5.41) is 20.7. The molecule has 0 aromatic heterocycles. The highest BCUT2D eigenvalue weighted by atomic mass is 16.3. The minimum absolute atomic E-state index is 0.0528. The molecule has 2 aliphatic carbocycles. The van der Waals surface area contributed by atoms with Crippen LogP contribution in [-0.4, -0.2) is 27.7 Å². The molecule has 102 valence electrons. The Labute approximate surface area is 109 Å². The number of aliphatic hydroxyl groups excluding tert-OH is 1. The third kappa shape index (κ3) is 1.84. The van der Waals surface area contributed by atoms with E-state index in [1.54, 1.807) is 13.8 Å². The largest absolute Gasteiger partial charge is 0.392 e. The van der Waals surface area contributed by atoms with Crippen molar-refractivity contribution in [2.75, 3.05) is 0 Å². The summed E-state index contributed by atoms with van der Waals surface area (Å²) in [6.45, 7) is 7.63. The molecule has 0 amide bonds. The molecule has 0 saturated heterocycles. The molecule has 4 atom stereocenters. The van der Waals surface area contributed by atoms with E-state index in [0.29, 0.717) is 5.92 Å². The minimum Gasteiger partial charge on any atom is -0.392 e. The molecule has 1 saturated carbocycles. The van der Waals surface area contributed by atoms with E-state index in [9.17, 15) is 15.0 Å². The zero-order chi connectivity index (χ0) is 13.7. The van der Waals surface area contributed by atoms with E-state index in [1.807, 2.05) is 13.0 Å².